The van der Waals surface area contributed by atoms with Crippen LogP contribution < -0.4 is 5.32 Å². The summed E-state index contributed by atoms with van der Waals surface area (Å²) >= 11 is 0. The van der Waals surface area contributed by atoms with E-state index in [0.717, 1.165) is 31.4 Å². The lowest BCUT2D eigenvalue weighted by molar-refractivity contribution is 0.266. The molecule has 1 N–H and O–H groups in total. The second-order valence-corrected chi connectivity index (χ2v) is 8.85. The van der Waals surface area contributed by atoms with Gasteiger partial charge in [0.05, 0.1) is 0 Å². The van der Waals surface area contributed by atoms with E-state index in [0.29, 0.717) is 0 Å². The molecular weight excluding hydrogens is 333 g/mol. The van der Waals surface area contributed by atoms with Gasteiger partial charge >= 0.3 is 7.60 Å². The Balaban J connectivity index is 1.84. The largest absolute Gasteiger partial charge is 0.372 e. The van der Waals surface area contributed by atoms with Gasteiger partial charge in [0.1, 0.15) is 5.78 Å². The lowest BCUT2D eigenvalue weighted by atomic mass is 10.1. The highest BCUT2D eigenvalue weighted by molar-refractivity contribution is 7.54. The maximum atomic E-state index is 12.9. The smallest absolute Gasteiger partial charge is 0.352 e. The number of fused-ring (bicyclic) bond motifs is 3. The van der Waals surface area contributed by atoms with Crippen LogP contribution in [0.25, 0.3) is 11.1 Å². The molecule has 1 unspecified atom stereocenters. The maximum absolute atomic E-state index is 12.9. The van der Waals surface area contributed by atoms with Crippen molar-refractivity contribution in [2.24, 2.45) is 0 Å². The molecule has 2 aromatic carbocycles. The van der Waals surface area contributed by atoms with Crippen molar-refractivity contribution < 1.29 is 13.6 Å². The average Bonchev–Trinajstić information content (AvgIpc) is 3.02. The number of anilines is 1. The van der Waals surface area contributed by atoms with E-state index in [-0.39, 0.29) is 5.78 Å². The summed E-state index contributed by atoms with van der Waals surface area (Å²) in [4.78, 5) is 0. The van der Waals surface area contributed by atoms with Gasteiger partial charge in [0, 0.05) is 19.9 Å². The zero-order valence-electron chi connectivity index (χ0n) is 15.1. The molecule has 4 nitrogen and oxygen atoms in total. The second kappa shape index (κ2) is 7.74. The van der Waals surface area contributed by atoms with Crippen LogP contribution in [0.3, 0.4) is 0 Å². The minimum atomic E-state index is -3.18. The fraction of sp³-hybridized carbons (Fsp3) is 0.400. The Morgan fingerprint density at radius 1 is 1.08 bits per heavy atom. The molecular formula is C20H26NO3P. The number of rotatable bonds is 8. The van der Waals surface area contributed by atoms with Gasteiger partial charge in [-0.25, -0.2) is 0 Å². The van der Waals surface area contributed by atoms with E-state index in [9.17, 15) is 4.57 Å². The second-order valence-electron chi connectivity index (χ2n) is 6.41. The molecule has 0 saturated carbocycles. The molecule has 0 radical (unpaired) electrons. The predicted molar refractivity (Wildman–Crippen MR) is 103 cm³/mol. The van der Waals surface area contributed by atoms with E-state index in [2.05, 4.69) is 54.7 Å². The maximum Gasteiger partial charge on any atom is 0.352 e. The lowest BCUT2D eigenvalue weighted by Gasteiger charge is -2.26. The molecule has 0 aliphatic heterocycles. The third-order valence-corrected chi connectivity index (χ3v) is 7.02. The van der Waals surface area contributed by atoms with Gasteiger partial charge in [-0.15, -0.1) is 0 Å². The highest BCUT2D eigenvalue weighted by Gasteiger charge is 2.33. The Bertz CT molecular complexity index is 782. The molecule has 5 heteroatoms. The Morgan fingerprint density at radius 2 is 1.80 bits per heavy atom. The van der Waals surface area contributed by atoms with Crippen LogP contribution in [0.4, 0.5) is 5.69 Å². The third kappa shape index (κ3) is 3.67. The van der Waals surface area contributed by atoms with Crippen molar-refractivity contribution in [1.82, 2.24) is 0 Å². The van der Waals surface area contributed by atoms with Crippen LogP contribution in [0.5, 0.6) is 0 Å². The highest BCUT2D eigenvalue weighted by Crippen LogP contribution is 2.53. The minimum Gasteiger partial charge on any atom is -0.372 e. The molecule has 0 aromatic heterocycles. The lowest BCUT2D eigenvalue weighted by Crippen LogP contribution is -2.21. The summed E-state index contributed by atoms with van der Waals surface area (Å²) in [5, 5.41) is 3.40. The number of unbranched alkanes of at least 4 members (excludes halogenated alkanes) is 1. The van der Waals surface area contributed by atoms with Gasteiger partial charge in [-0.05, 0) is 47.2 Å². The summed E-state index contributed by atoms with van der Waals surface area (Å²) in [5.41, 5.74) is 6.21. The minimum absolute atomic E-state index is 0.343. The topological polar surface area (TPSA) is 47.6 Å². The Morgan fingerprint density at radius 3 is 2.52 bits per heavy atom. The number of hydrogen-bond acceptors (Lipinski definition) is 4. The molecule has 134 valence electrons. The predicted octanol–water partition coefficient (Wildman–Crippen LogP) is 5.67. The molecule has 1 atom stereocenters. The van der Waals surface area contributed by atoms with Gasteiger partial charge in [-0.3, -0.25) is 4.57 Å². The fourth-order valence-electron chi connectivity index (χ4n) is 3.46. The number of benzene rings is 2. The molecule has 0 heterocycles. The van der Waals surface area contributed by atoms with Crippen molar-refractivity contribution in [2.75, 3.05) is 19.5 Å². The van der Waals surface area contributed by atoms with Crippen LogP contribution in [0.15, 0.2) is 42.5 Å². The van der Waals surface area contributed by atoms with Crippen molar-refractivity contribution in [3.8, 4) is 11.1 Å². The van der Waals surface area contributed by atoms with Gasteiger partial charge in [-0.2, -0.15) is 0 Å². The molecule has 2 aromatic rings. The van der Waals surface area contributed by atoms with E-state index in [1.54, 1.807) is 0 Å². The average molecular weight is 359 g/mol. The van der Waals surface area contributed by atoms with E-state index >= 15 is 0 Å². The summed E-state index contributed by atoms with van der Waals surface area (Å²) in [5.74, 6) is -0.343. The van der Waals surface area contributed by atoms with Crippen molar-refractivity contribution in [3.05, 3.63) is 53.6 Å². The molecule has 1 aliphatic carbocycles. The van der Waals surface area contributed by atoms with Crippen molar-refractivity contribution in [2.45, 2.75) is 38.4 Å². The molecule has 0 bridgehead atoms. The van der Waals surface area contributed by atoms with Crippen molar-refractivity contribution in [1.29, 1.82) is 0 Å². The van der Waals surface area contributed by atoms with Gasteiger partial charge < -0.3 is 14.4 Å². The molecule has 25 heavy (non-hydrogen) atoms. The highest BCUT2D eigenvalue weighted by atomic mass is 31.2. The Labute approximate surface area is 150 Å². The van der Waals surface area contributed by atoms with E-state index in [1.165, 1.54) is 36.5 Å². The standard InChI is InChI=1S/C20H26NO3P/c1-4-5-10-20(25(22,23-2)24-3)21-17-11-12-19-16(14-17)13-15-8-6-7-9-18(15)19/h6-9,11-12,14,20-21H,4-5,10,13H2,1-3H3. The van der Waals surface area contributed by atoms with Gasteiger partial charge in [0.15, 0.2) is 0 Å². The molecule has 0 spiro atoms. The molecule has 0 amide bonds. The first-order valence-corrected chi connectivity index (χ1v) is 10.4. The van der Waals surface area contributed by atoms with Crippen LogP contribution in [-0.4, -0.2) is 20.0 Å². The molecule has 1 aliphatic rings. The molecule has 0 fully saturated rings. The zero-order valence-corrected chi connectivity index (χ0v) is 16.0. The quantitative estimate of drug-likeness (QED) is 0.526. The summed E-state index contributed by atoms with van der Waals surface area (Å²) in [6.45, 7) is 2.12. The first-order chi connectivity index (χ1) is 12.1. The number of nitrogens with one attached hydrogen (secondary N) is 1. The van der Waals surface area contributed by atoms with Crippen LogP contribution in [0.1, 0.15) is 37.3 Å². The van der Waals surface area contributed by atoms with E-state index < -0.39 is 7.60 Å². The SMILES string of the molecule is CCCCC(Nc1ccc2c(c1)Cc1ccccc1-2)P(=O)(OC)OC. The van der Waals surface area contributed by atoms with Crippen LogP contribution in [0.2, 0.25) is 0 Å². The molecule has 0 saturated heterocycles. The van der Waals surface area contributed by atoms with Crippen molar-refractivity contribution in [3.63, 3.8) is 0 Å². The summed E-state index contributed by atoms with van der Waals surface area (Å²) in [6, 6.07) is 14.9. The first kappa shape index (κ1) is 18.2. The monoisotopic (exact) mass is 359 g/mol. The van der Waals surface area contributed by atoms with Gasteiger partial charge in [-0.1, -0.05) is 50.1 Å². The Kier molecular flexibility index (Phi) is 5.63. The molecule has 3 rings (SSSR count). The van der Waals surface area contributed by atoms with E-state index in [4.69, 9.17) is 9.05 Å². The Hall–Kier alpha value is -1.61. The van der Waals surface area contributed by atoms with Crippen LogP contribution in [0, 0.1) is 0 Å². The van der Waals surface area contributed by atoms with Crippen molar-refractivity contribution >= 4 is 13.3 Å². The third-order valence-electron chi connectivity index (χ3n) is 4.85. The fourth-order valence-corrected chi connectivity index (χ4v) is 4.93. The van der Waals surface area contributed by atoms with Crippen LogP contribution >= 0.6 is 7.60 Å². The normalized spacial score (nSPS) is 14.0. The zero-order chi connectivity index (χ0) is 17.9. The van der Waals surface area contributed by atoms with Crippen LogP contribution in [-0.2, 0) is 20.0 Å². The van der Waals surface area contributed by atoms with Gasteiger partial charge in [0.25, 0.3) is 0 Å². The van der Waals surface area contributed by atoms with Gasteiger partial charge in [0.2, 0.25) is 0 Å². The summed E-state index contributed by atoms with van der Waals surface area (Å²) < 4.78 is 23.3. The van der Waals surface area contributed by atoms with E-state index in [1.807, 2.05) is 0 Å². The summed E-state index contributed by atoms with van der Waals surface area (Å²) in [7, 11) is -0.279. The summed E-state index contributed by atoms with van der Waals surface area (Å²) in [6.07, 6.45) is 3.68. The number of hydrogen-bond donors (Lipinski definition) is 1. The first-order valence-electron chi connectivity index (χ1n) is 8.80.